The molecule has 3 rings (SSSR count). The van der Waals surface area contributed by atoms with Gasteiger partial charge in [-0.3, -0.25) is 4.79 Å². The lowest BCUT2D eigenvalue weighted by atomic mass is 10.1. The minimum Gasteiger partial charge on any atom is -0.504 e. The van der Waals surface area contributed by atoms with E-state index < -0.39 is 0 Å². The van der Waals surface area contributed by atoms with Crippen molar-refractivity contribution in [2.75, 3.05) is 33.8 Å². The first-order valence-electron chi connectivity index (χ1n) is 10.6. The molecule has 0 atom stereocenters. The highest BCUT2D eigenvalue weighted by Crippen LogP contribution is 2.39. The Morgan fingerprint density at radius 1 is 0.743 bits per heavy atom. The lowest BCUT2D eigenvalue weighted by molar-refractivity contribution is -0.111. The van der Waals surface area contributed by atoms with Crippen LogP contribution in [0, 0.1) is 0 Å². The molecule has 3 aromatic rings. The van der Waals surface area contributed by atoms with Gasteiger partial charge in [-0.2, -0.15) is 0 Å². The van der Waals surface area contributed by atoms with Crippen LogP contribution >= 0.6 is 0 Å². The van der Waals surface area contributed by atoms with Gasteiger partial charge in [0.15, 0.2) is 23.0 Å². The number of amides is 1. The second-order valence-electron chi connectivity index (χ2n) is 7.32. The molecule has 8 nitrogen and oxygen atoms in total. The van der Waals surface area contributed by atoms with Crippen molar-refractivity contribution in [3.63, 3.8) is 0 Å². The monoisotopic (exact) mass is 477 g/mol. The molecule has 0 spiro atoms. The molecule has 0 aromatic heterocycles. The Labute approximate surface area is 203 Å². The highest BCUT2D eigenvalue weighted by atomic mass is 16.5. The molecular weight excluding hydrogens is 450 g/mol. The van der Waals surface area contributed by atoms with Crippen LogP contribution in [-0.2, 0) is 4.79 Å². The first-order valence-corrected chi connectivity index (χ1v) is 10.6. The number of nitrogens with one attached hydrogen (secondary N) is 1. The molecule has 3 aromatic carbocycles. The Morgan fingerprint density at radius 2 is 1.46 bits per heavy atom. The highest BCUT2D eigenvalue weighted by molar-refractivity contribution is 6.03. The van der Waals surface area contributed by atoms with Crippen LogP contribution in [0.4, 0.5) is 5.69 Å². The number of aromatic hydroxyl groups is 2. The van der Waals surface area contributed by atoms with E-state index in [1.165, 1.54) is 24.3 Å². The van der Waals surface area contributed by atoms with Crippen molar-refractivity contribution in [2.45, 2.75) is 0 Å². The van der Waals surface area contributed by atoms with Gasteiger partial charge in [-0.1, -0.05) is 18.2 Å². The van der Waals surface area contributed by atoms with E-state index in [1.54, 1.807) is 52.7 Å². The third-order valence-electron chi connectivity index (χ3n) is 5.09. The molecule has 0 aliphatic carbocycles. The number of benzene rings is 3. The Kier molecular flexibility index (Phi) is 8.24. The van der Waals surface area contributed by atoms with Crippen molar-refractivity contribution >= 4 is 29.8 Å². The summed E-state index contributed by atoms with van der Waals surface area (Å²) in [6.45, 7) is 0. The smallest absolute Gasteiger partial charge is 0.248 e. The van der Waals surface area contributed by atoms with Gasteiger partial charge in [0.1, 0.15) is 5.75 Å². The van der Waals surface area contributed by atoms with E-state index in [-0.39, 0.29) is 17.4 Å². The number of hydrogen-bond acceptors (Lipinski definition) is 7. The Morgan fingerprint density at radius 3 is 2.06 bits per heavy atom. The maximum atomic E-state index is 12.5. The average Bonchev–Trinajstić information content (AvgIpc) is 2.87. The maximum absolute atomic E-state index is 12.5. The summed E-state index contributed by atoms with van der Waals surface area (Å²) >= 11 is 0. The van der Waals surface area contributed by atoms with Gasteiger partial charge < -0.3 is 34.5 Å². The molecule has 8 heteroatoms. The van der Waals surface area contributed by atoms with Crippen molar-refractivity contribution in [3.05, 3.63) is 71.3 Å². The standard InChI is InChI=1S/C27H27NO7/c1-32-20-9-10-21(28-26(31)12-7-17-6-11-22(29)23(30)13-17)19(16-20)8-5-18-14-24(33-2)27(35-4)25(15-18)34-3/h5-16,29-30H,1-4H3,(H,28,31)/b8-5+,12-7+. The molecule has 0 radical (unpaired) electrons. The van der Waals surface area contributed by atoms with Crippen molar-refractivity contribution < 1.29 is 34.0 Å². The van der Waals surface area contributed by atoms with Gasteiger partial charge in [-0.25, -0.2) is 0 Å². The summed E-state index contributed by atoms with van der Waals surface area (Å²) in [5.41, 5.74) is 2.64. The normalized spacial score (nSPS) is 11.0. The zero-order valence-corrected chi connectivity index (χ0v) is 19.9. The lowest BCUT2D eigenvalue weighted by Gasteiger charge is -2.13. The predicted octanol–water partition coefficient (Wildman–Crippen LogP) is 4.95. The SMILES string of the molecule is COc1ccc(NC(=O)/C=C/c2ccc(O)c(O)c2)c(/C=C/c2cc(OC)c(OC)c(OC)c2)c1. The Hall–Kier alpha value is -4.59. The van der Waals surface area contributed by atoms with E-state index in [4.69, 9.17) is 18.9 Å². The summed E-state index contributed by atoms with van der Waals surface area (Å²) in [5, 5.41) is 21.9. The van der Waals surface area contributed by atoms with Crippen LogP contribution in [0.1, 0.15) is 16.7 Å². The molecule has 0 saturated heterocycles. The van der Waals surface area contributed by atoms with Crippen LogP contribution in [0.25, 0.3) is 18.2 Å². The number of ether oxygens (including phenoxy) is 4. The Balaban J connectivity index is 1.87. The van der Waals surface area contributed by atoms with E-state index in [1.807, 2.05) is 24.3 Å². The number of carbonyl (C=O) groups is 1. The van der Waals surface area contributed by atoms with Crippen LogP contribution in [0.3, 0.4) is 0 Å². The number of carbonyl (C=O) groups excluding carboxylic acids is 1. The van der Waals surface area contributed by atoms with E-state index >= 15 is 0 Å². The largest absolute Gasteiger partial charge is 0.504 e. The summed E-state index contributed by atoms with van der Waals surface area (Å²) in [7, 11) is 6.21. The summed E-state index contributed by atoms with van der Waals surface area (Å²) in [6.07, 6.45) is 6.55. The third-order valence-corrected chi connectivity index (χ3v) is 5.09. The molecule has 3 N–H and O–H groups in total. The fourth-order valence-electron chi connectivity index (χ4n) is 3.29. The molecular formula is C27H27NO7. The van der Waals surface area contributed by atoms with Crippen molar-refractivity contribution in [2.24, 2.45) is 0 Å². The fourth-order valence-corrected chi connectivity index (χ4v) is 3.29. The highest BCUT2D eigenvalue weighted by Gasteiger charge is 2.12. The molecule has 0 aliphatic heterocycles. The third kappa shape index (κ3) is 6.26. The van der Waals surface area contributed by atoms with Gasteiger partial charge in [0.2, 0.25) is 11.7 Å². The number of rotatable bonds is 9. The summed E-state index contributed by atoms with van der Waals surface area (Å²) in [5.74, 6) is 1.31. The first-order chi connectivity index (χ1) is 16.9. The molecule has 0 unspecified atom stereocenters. The van der Waals surface area contributed by atoms with Gasteiger partial charge in [-0.05, 0) is 59.7 Å². The molecule has 0 heterocycles. The molecule has 35 heavy (non-hydrogen) atoms. The summed E-state index contributed by atoms with van der Waals surface area (Å²) in [6, 6.07) is 13.2. The van der Waals surface area contributed by atoms with Crippen molar-refractivity contribution in [1.29, 1.82) is 0 Å². The number of methoxy groups -OCH3 is 4. The number of phenolic OH excluding ortho intramolecular Hbond substituents is 2. The molecule has 182 valence electrons. The number of anilines is 1. The zero-order valence-electron chi connectivity index (χ0n) is 19.9. The van der Waals surface area contributed by atoms with Crippen LogP contribution in [-0.4, -0.2) is 44.6 Å². The minimum absolute atomic E-state index is 0.228. The maximum Gasteiger partial charge on any atom is 0.248 e. The van der Waals surface area contributed by atoms with Crippen LogP contribution < -0.4 is 24.3 Å². The average molecular weight is 478 g/mol. The Bertz CT molecular complexity index is 1240. The number of hydrogen-bond donors (Lipinski definition) is 3. The predicted molar refractivity (Wildman–Crippen MR) is 135 cm³/mol. The number of phenols is 2. The quantitative estimate of drug-likeness (QED) is 0.227. The molecule has 0 aliphatic rings. The van der Waals surface area contributed by atoms with Crippen LogP contribution in [0.5, 0.6) is 34.5 Å². The van der Waals surface area contributed by atoms with Crippen LogP contribution in [0.2, 0.25) is 0 Å². The minimum atomic E-state index is -0.370. The van der Waals surface area contributed by atoms with Gasteiger partial charge in [0.25, 0.3) is 0 Å². The van der Waals surface area contributed by atoms with Gasteiger partial charge in [-0.15, -0.1) is 0 Å². The molecule has 0 fully saturated rings. The van der Waals surface area contributed by atoms with Gasteiger partial charge in [0, 0.05) is 17.3 Å². The van der Waals surface area contributed by atoms with Gasteiger partial charge in [0.05, 0.1) is 28.4 Å². The van der Waals surface area contributed by atoms with Crippen molar-refractivity contribution in [3.8, 4) is 34.5 Å². The fraction of sp³-hybridized carbons (Fsp3) is 0.148. The van der Waals surface area contributed by atoms with E-state index in [2.05, 4.69) is 5.32 Å². The summed E-state index contributed by atoms with van der Waals surface area (Å²) in [4.78, 5) is 12.5. The van der Waals surface area contributed by atoms with E-state index in [0.29, 0.717) is 39.8 Å². The van der Waals surface area contributed by atoms with E-state index in [0.717, 1.165) is 5.56 Å². The first kappa shape index (κ1) is 25.0. The molecule has 0 saturated carbocycles. The second-order valence-corrected chi connectivity index (χ2v) is 7.32. The van der Waals surface area contributed by atoms with Crippen molar-refractivity contribution in [1.82, 2.24) is 0 Å². The van der Waals surface area contributed by atoms with Crippen LogP contribution in [0.15, 0.2) is 54.6 Å². The van der Waals surface area contributed by atoms with Gasteiger partial charge >= 0.3 is 0 Å². The summed E-state index contributed by atoms with van der Waals surface area (Å²) < 4.78 is 21.5. The topological polar surface area (TPSA) is 106 Å². The van der Waals surface area contributed by atoms with E-state index in [9.17, 15) is 15.0 Å². The lowest BCUT2D eigenvalue weighted by Crippen LogP contribution is -2.09. The molecule has 0 bridgehead atoms. The second kappa shape index (κ2) is 11.5. The molecule has 1 amide bonds. The zero-order chi connectivity index (χ0) is 25.4.